The molecule has 0 N–H and O–H groups in total. The highest BCUT2D eigenvalue weighted by Gasteiger charge is 2.39. The fourth-order valence-corrected chi connectivity index (χ4v) is 4.53. The number of hydrogen-bond acceptors (Lipinski definition) is 4. The van der Waals surface area contributed by atoms with Crippen molar-refractivity contribution in [3.63, 3.8) is 0 Å². The maximum absolute atomic E-state index is 13.1. The topological polar surface area (TPSA) is 63.7 Å². The Hall–Kier alpha value is -2.60. The summed E-state index contributed by atoms with van der Waals surface area (Å²) in [4.78, 5) is 12.7. The molecule has 2 aromatic rings. The molecule has 0 saturated heterocycles. The van der Waals surface area contributed by atoms with Gasteiger partial charge in [-0.2, -0.15) is 0 Å². The minimum atomic E-state index is -3.98. The molecular weight excluding hydrogens is 338 g/mol. The van der Waals surface area contributed by atoms with Gasteiger partial charge in [-0.05, 0) is 42.3 Å². The van der Waals surface area contributed by atoms with E-state index in [4.69, 9.17) is 4.74 Å². The van der Waals surface area contributed by atoms with Crippen LogP contribution in [0.4, 0.5) is 0 Å². The Labute approximate surface area is 147 Å². The molecule has 0 bridgehead atoms. The van der Waals surface area contributed by atoms with E-state index in [1.54, 1.807) is 37.4 Å². The highest BCUT2D eigenvalue weighted by molar-refractivity contribution is 7.89. The lowest BCUT2D eigenvalue weighted by molar-refractivity contribution is -0.127. The van der Waals surface area contributed by atoms with Gasteiger partial charge < -0.3 is 4.74 Å². The summed E-state index contributed by atoms with van der Waals surface area (Å²) in [6.07, 6.45) is 1.50. The Morgan fingerprint density at radius 1 is 1.20 bits per heavy atom. The third-order valence-electron chi connectivity index (χ3n) is 4.31. The molecule has 0 saturated carbocycles. The molecule has 5 nitrogen and oxygen atoms in total. The lowest BCUT2D eigenvalue weighted by Crippen LogP contribution is -2.43. The molecule has 0 spiro atoms. The van der Waals surface area contributed by atoms with Crippen LogP contribution in [0.1, 0.15) is 22.7 Å². The van der Waals surface area contributed by atoms with Crippen LogP contribution in [0.5, 0.6) is 5.75 Å². The summed E-state index contributed by atoms with van der Waals surface area (Å²) in [6.45, 7) is 5.62. The Bertz CT molecular complexity index is 932. The molecule has 1 aliphatic rings. The van der Waals surface area contributed by atoms with Crippen LogP contribution in [0.25, 0.3) is 0 Å². The normalized spacial score (nSPS) is 17.1. The molecule has 1 aliphatic heterocycles. The zero-order valence-electron chi connectivity index (χ0n) is 14.1. The van der Waals surface area contributed by atoms with Gasteiger partial charge in [-0.3, -0.25) is 4.79 Å². The number of fused-ring (bicyclic) bond motifs is 1. The van der Waals surface area contributed by atoms with Crippen LogP contribution >= 0.6 is 0 Å². The lowest BCUT2D eigenvalue weighted by atomic mass is 9.93. The number of aryl methyl sites for hydroxylation is 1. The number of hydrogen-bond donors (Lipinski definition) is 0. The van der Waals surface area contributed by atoms with Gasteiger partial charge in [-0.25, -0.2) is 12.7 Å². The van der Waals surface area contributed by atoms with Crippen molar-refractivity contribution in [2.45, 2.75) is 24.3 Å². The van der Waals surface area contributed by atoms with Gasteiger partial charge in [0, 0.05) is 0 Å². The fraction of sp³-hybridized carbons (Fsp3) is 0.211. The highest BCUT2D eigenvalue weighted by Crippen LogP contribution is 2.37. The van der Waals surface area contributed by atoms with E-state index >= 15 is 0 Å². The van der Waals surface area contributed by atoms with Gasteiger partial charge in [0.15, 0.2) is 0 Å². The quantitative estimate of drug-likeness (QED) is 0.789. The average molecular weight is 357 g/mol. The van der Waals surface area contributed by atoms with Gasteiger partial charge >= 0.3 is 0 Å². The van der Waals surface area contributed by atoms with Crippen molar-refractivity contribution in [2.75, 3.05) is 7.11 Å². The van der Waals surface area contributed by atoms with Crippen molar-refractivity contribution in [3.8, 4) is 5.75 Å². The Kier molecular flexibility index (Phi) is 4.39. The number of nitrogens with zero attached hydrogens (tertiary/aromatic N) is 1. The van der Waals surface area contributed by atoms with Gasteiger partial charge in [0.1, 0.15) is 5.75 Å². The molecule has 1 unspecified atom stereocenters. The number of ether oxygens (including phenoxy) is 1. The fourth-order valence-electron chi connectivity index (χ4n) is 2.99. The molecule has 0 radical (unpaired) electrons. The minimum Gasteiger partial charge on any atom is -0.497 e. The second-order valence-electron chi connectivity index (χ2n) is 5.93. The van der Waals surface area contributed by atoms with Crippen molar-refractivity contribution < 1.29 is 17.9 Å². The Morgan fingerprint density at radius 2 is 1.88 bits per heavy atom. The predicted molar refractivity (Wildman–Crippen MR) is 94.8 cm³/mol. The molecule has 0 aliphatic carbocycles. The molecule has 0 aromatic heterocycles. The molecule has 0 fully saturated rings. The first-order valence-electron chi connectivity index (χ1n) is 7.82. The highest BCUT2D eigenvalue weighted by atomic mass is 32.2. The molecule has 6 heteroatoms. The number of amides is 1. The van der Waals surface area contributed by atoms with Crippen molar-refractivity contribution in [1.29, 1.82) is 0 Å². The number of benzene rings is 2. The second kappa shape index (κ2) is 6.37. The summed E-state index contributed by atoms with van der Waals surface area (Å²) in [6, 6.07) is 11.0. The van der Waals surface area contributed by atoms with E-state index in [9.17, 15) is 13.2 Å². The van der Waals surface area contributed by atoms with Crippen LogP contribution < -0.4 is 4.74 Å². The van der Waals surface area contributed by atoms with Gasteiger partial charge in [-0.1, -0.05) is 29.8 Å². The van der Waals surface area contributed by atoms with Gasteiger partial charge in [0.2, 0.25) is 5.91 Å². The van der Waals surface area contributed by atoms with Crippen LogP contribution in [-0.2, 0) is 21.2 Å². The summed E-state index contributed by atoms with van der Waals surface area (Å²) in [7, 11) is -2.44. The van der Waals surface area contributed by atoms with Gasteiger partial charge in [-0.15, -0.1) is 6.58 Å². The summed E-state index contributed by atoms with van der Waals surface area (Å²) in [5.41, 5.74) is 2.44. The molecule has 2 aromatic carbocycles. The third kappa shape index (κ3) is 2.93. The molecule has 1 atom stereocenters. The van der Waals surface area contributed by atoms with E-state index in [0.717, 1.165) is 15.4 Å². The monoisotopic (exact) mass is 357 g/mol. The van der Waals surface area contributed by atoms with E-state index in [2.05, 4.69) is 6.58 Å². The van der Waals surface area contributed by atoms with E-state index in [0.29, 0.717) is 11.3 Å². The summed E-state index contributed by atoms with van der Waals surface area (Å²) in [5, 5.41) is 0. The van der Waals surface area contributed by atoms with Crippen molar-refractivity contribution >= 4 is 15.9 Å². The third-order valence-corrected chi connectivity index (χ3v) is 6.13. The van der Waals surface area contributed by atoms with E-state index in [-0.39, 0.29) is 11.3 Å². The number of carbonyl (C=O) groups excluding carboxylic acids is 1. The zero-order chi connectivity index (χ0) is 18.2. The molecular formula is C19H19NO4S. The zero-order valence-corrected chi connectivity index (χ0v) is 14.9. The number of carbonyl (C=O) groups is 1. The van der Waals surface area contributed by atoms with Crippen LogP contribution in [0, 0.1) is 6.92 Å². The number of rotatable bonds is 4. The summed E-state index contributed by atoms with van der Waals surface area (Å²) < 4.78 is 32.3. The first-order chi connectivity index (χ1) is 11.9. The van der Waals surface area contributed by atoms with Gasteiger partial charge in [0.05, 0.1) is 24.5 Å². The largest absolute Gasteiger partial charge is 0.497 e. The first-order valence-corrected chi connectivity index (χ1v) is 9.26. The summed E-state index contributed by atoms with van der Waals surface area (Å²) >= 11 is 0. The second-order valence-corrected chi connectivity index (χ2v) is 7.74. The van der Waals surface area contributed by atoms with Crippen molar-refractivity contribution in [1.82, 2.24) is 4.31 Å². The Balaban J connectivity index is 2.13. The van der Waals surface area contributed by atoms with Gasteiger partial charge in [0.25, 0.3) is 10.0 Å². The number of methoxy groups -OCH3 is 1. The van der Waals surface area contributed by atoms with E-state index < -0.39 is 22.0 Å². The lowest BCUT2D eigenvalue weighted by Gasteiger charge is -2.34. The summed E-state index contributed by atoms with van der Waals surface area (Å²) in [5.74, 6) is 0.135. The molecule has 1 heterocycles. The van der Waals surface area contributed by atoms with Crippen LogP contribution in [0.3, 0.4) is 0 Å². The van der Waals surface area contributed by atoms with E-state index in [1.807, 2.05) is 6.92 Å². The van der Waals surface area contributed by atoms with Crippen LogP contribution in [0.15, 0.2) is 60.0 Å². The number of sulfonamides is 1. The SMILES string of the molecule is C=CC1c2cc(OC)ccc2CC(=O)N1S(=O)(=O)c1ccc(C)cc1. The maximum atomic E-state index is 13.1. The maximum Gasteiger partial charge on any atom is 0.267 e. The average Bonchev–Trinajstić information content (AvgIpc) is 2.60. The van der Waals surface area contributed by atoms with Crippen molar-refractivity contribution in [2.24, 2.45) is 0 Å². The molecule has 25 heavy (non-hydrogen) atoms. The predicted octanol–water partition coefficient (Wildman–Crippen LogP) is 3.00. The minimum absolute atomic E-state index is 0.0226. The van der Waals surface area contributed by atoms with Crippen molar-refractivity contribution in [3.05, 3.63) is 71.8 Å². The molecule has 3 rings (SSSR count). The first kappa shape index (κ1) is 17.2. The van der Waals surface area contributed by atoms with Crippen LogP contribution in [0.2, 0.25) is 0 Å². The standard InChI is InChI=1S/C19H19NO4S/c1-4-18-17-12-15(24-3)8-7-14(17)11-19(21)20(18)25(22,23)16-9-5-13(2)6-10-16/h4-10,12,18H,1,11H2,2-3H3. The molecule has 130 valence electrons. The Morgan fingerprint density at radius 3 is 2.48 bits per heavy atom. The molecule has 1 amide bonds. The van der Waals surface area contributed by atoms with E-state index in [1.165, 1.54) is 18.2 Å². The van der Waals surface area contributed by atoms with Crippen LogP contribution in [-0.4, -0.2) is 25.7 Å². The smallest absolute Gasteiger partial charge is 0.267 e.